The van der Waals surface area contributed by atoms with Gasteiger partial charge in [0.05, 0.1) is 0 Å². The fourth-order valence-corrected chi connectivity index (χ4v) is 4.99. The second-order valence-electron chi connectivity index (χ2n) is 8.93. The summed E-state index contributed by atoms with van der Waals surface area (Å²) < 4.78 is 0. The van der Waals surface area contributed by atoms with Crippen molar-refractivity contribution in [2.75, 3.05) is 4.90 Å². The lowest BCUT2D eigenvalue weighted by atomic mass is 9.86. The number of hydrogen-bond donors (Lipinski definition) is 1. The van der Waals surface area contributed by atoms with Crippen LogP contribution in [0.25, 0.3) is 0 Å². The maximum absolute atomic E-state index is 12.9. The van der Waals surface area contributed by atoms with Crippen LogP contribution in [0, 0.1) is 5.92 Å². The summed E-state index contributed by atoms with van der Waals surface area (Å²) >= 11 is 0. The van der Waals surface area contributed by atoms with Crippen LogP contribution in [-0.4, -0.2) is 18.0 Å². The molecule has 1 heterocycles. The number of rotatable bonds is 8. The molecule has 2 N–H and O–H groups in total. The Morgan fingerprint density at radius 1 is 1.26 bits per heavy atom. The molecule has 1 amide bonds. The highest BCUT2D eigenvalue weighted by Gasteiger charge is 2.31. The van der Waals surface area contributed by atoms with E-state index < -0.39 is 0 Å². The van der Waals surface area contributed by atoms with E-state index in [0.29, 0.717) is 12.3 Å². The van der Waals surface area contributed by atoms with Crippen LogP contribution >= 0.6 is 0 Å². The van der Waals surface area contributed by atoms with E-state index in [-0.39, 0.29) is 12.1 Å². The molecule has 3 heteroatoms. The van der Waals surface area contributed by atoms with Gasteiger partial charge in [0, 0.05) is 24.2 Å². The number of benzene rings is 1. The summed E-state index contributed by atoms with van der Waals surface area (Å²) in [4.78, 5) is 15.0. The van der Waals surface area contributed by atoms with Crippen molar-refractivity contribution in [1.29, 1.82) is 0 Å². The Balaban J connectivity index is 1.60. The van der Waals surface area contributed by atoms with Gasteiger partial charge in [0.1, 0.15) is 0 Å². The standard InChI is InChI=1S/C24H38N2O/c1-3-4-10-22(25)17-20-11-13-23-21(16-20)15-18(2)26(23)24(27)14-12-19-8-6-5-7-9-19/h11,13,16,18-19,22H,3-10,12,14-15,17,25H2,1-2H3. The van der Waals surface area contributed by atoms with Gasteiger partial charge >= 0.3 is 0 Å². The van der Waals surface area contributed by atoms with Crippen LogP contribution in [0.4, 0.5) is 5.69 Å². The van der Waals surface area contributed by atoms with E-state index >= 15 is 0 Å². The van der Waals surface area contributed by atoms with Gasteiger partial charge in [-0.3, -0.25) is 4.79 Å². The van der Waals surface area contributed by atoms with E-state index in [1.807, 2.05) is 0 Å². The van der Waals surface area contributed by atoms with Crippen LogP contribution in [0.2, 0.25) is 0 Å². The quantitative estimate of drug-likeness (QED) is 0.667. The zero-order valence-corrected chi connectivity index (χ0v) is 17.4. The second-order valence-corrected chi connectivity index (χ2v) is 8.93. The van der Waals surface area contributed by atoms with E-state index in [1.165, 1.54) is 56.1 Å². The maximum Gasteiger partial charge on any atom is 0.227 e. The van der Waals surface area contributed by atoms with Gasteiger partial charge in [-0.2, -0.15) is 0 Å². The topological polar surface area (TPSA) is 46.3 Å². The number of nitrogens with two attached hydrogens (primary N) is 1. The van der Waals surface area contributed by atoms with Crippen LogP contribution in [0.1, 0.15) is 89.2 Å². The van der Waals surface area contributed by atoms with E-state index in [9.17, 15) is 4.79 Å². The zero-order valence-electron chi connectivity index (χ0n) is 17.4. The Morgan fingerprint density at radius 3 is 2.78 bits per heavy atom. The van der Waals surface area contributed by atoms with Gasteiger partial charge in [-0.25, -0.2) is 0 Å². The predicted octanol–water partition coefficient (Wildman–Crippen LogP) is 5.38. The lowest BCUT2D eigenvalue weighted by Gasteiger charge is -2.25. The molecule has 1 fully saturated rings. The largest absolute Gasteiger partial charge is 0.327 e. The Labute approximate surface area is 165 Å². The zero-order chi connectivity index (χ0) is 19.2. The first-order valence-corrected chi connectivity index (χ1v) is 11.3. The minimum absolute atomic E-state index is 0.245. The van der Waals surface area contributed by atoms with Crippen molar-refractivity contribution >= 4 is 11.6 Å². The van der Waals surface area contributed by atoms with E-state index in [2.05, 4.69) is 36.9 Å². The fourth-order valence-electron chi connectivity index (χ4n) is 4.99. The van der Waals surface area contributed by atoms with Crippen molar-refractivity contribution in [2.45, 2.75) is 103 Å². The Hall–Kier alpha value is -1.35. The molecule has 3 nitrogen and oxygen atoms in total. The highest BCUT2D eigenvalue weighted by Crippen LogP contribution is 2.35. The lowest BCUT2D eigenvalue weighted by Crippen LogP contribution is -2.35. The smallest absolute Gasteiger partial charge is 0.227 e. The molecule has 0 radical (unpaired) electrons. The number of amides is 1. The molecule has 0 bridgehead atoms. The third kappa shape index (κ3) is 5.34. The number of anilines is 1. The molecule has 1 aromatic carbocycles. The van der Waals surface area contributed by atoms with Crippen LogP contribution in [0.3, 0.4) is 0 Å². The predicted molar refractivity (Wildman–Crippen MR) is 114 cm³/mol. The van der Waals surface area contributed by atoms with E-state index in [4.69, 9.17) is 5.73 Å². The first-order chi connectivity index (χ1) is 13.1. The molecule has 0 spiro atoms. The van der Waals surface area contributed by atoms with Gasteiger partial charge < -0.3 is 10.6 Å². The third-order valence-electron chi connectivity index (χ3n) is 6.55. The molecule has 1 saturated carbocycles. The highest BCUT2D eigenvalue weighted by atomic mass is 16.2. The summed E-state index contributed by atoms with van der Waals surface area (Å²) in [5, 5.41) is 0. The molecule has 1 aliphatic heterocycles. The number of fused-ring (bicyclic) bond motifs is 1. The van der Waals surface area contributed by atoms with Crippen LogP contribution in [0.5, 0.6) is 0 Å². The molecule has 27 heavy (non-hydrogen) atoms. The maximum atomic E-state index is 12.9. The van der Waals surface area contributed by atoms with Crippen molar-refractivity contribution in [3.05, 3.63) is 29.3 Å². The van der Waals surface area contributed by atoms with Crippen LogP contribution in [-0.2, 0) is 17.6 Å². The Morgan fingerprint density at radius 2 is 2.04 bits per heavy atom. The molecule has 3 rings (SSSR count). The fraction of sp³-hybridized carbons (Fsp3) is 0.708. The molecular weight excluding hydrogens is 332 g/mol. The van der Waals surface area contributed by atoms with Crippen LogP contribution in [0.15, 0.2) is 18.2 Å². The summed E-state index contributed by atoms with van der Waals surface area (Å²) in [6.07, 6.45) is 13.9. The van der Waals surface area contributed by atoms with Gasteiger partial charge in [-0.05, 0) is 55.7 Å². The van der Waals surface area contributed by atoms with Crippen molar-refractivity contribution in [1.82, 2.24) is 0 Å². The summed E-state index contributed by atoms with van der Waals surface area (Å²) in [6, 6.07) is 7.17. The number of carbonyl (C=O) groups is 1. The summed E-state index contributed by atoms with van der Waals surface area (Å²) in [7, 11) is 0. The van der Waals surface area contributed by atoms with Gasteiger partial charge in [-0.15, -0.1) is 0 Å². The van der Waals surface area contributed by atoms with Gasteiger partial charge in [0.2, 0.25) is 5.91 Å². The van der Waals surface area contributed by atoms with Gasteiger partial charge in [-0.1, -0.05) is 64.0 Å². The molecule has 0 saturated heterocycles. The van der Waals surface area contributed by atoms with Gasteiger partial charge in [0.15, 0.2) is 0 Å². The SMILES string of the molecule is CCCCC(N)Cc1ccc2c(c1)CC(C)N2C(=O)CCC1CCCCC1. The molecule has 1 aliphatic carbocycles. The number of nitrogens with zero attached hydrogens (tertiary/aromatic N) is 1. The normalized spacial score (nSPS) is 21.3. The Bertz CT molecular complexity index is 621. The third-order valence-corrected chi connectivity index (χ3v) is 6.55. The van der Waals surface area contributed by atoms with Gasteiger partial charge in [0.25, 0.3) is 0 Å². The summed E-state index contributed by atoms with van der Waals surface area (Å²) in [6.45, 7) is 4.40. The van der Waals surface area contributed by atoms with Crippen molar-refractivity contribution in [3.63, 3.8) is 0 Å². The molecule has 0 aromatic heterocycles. The monoisotopic (exact) mass is 370 g/mol. The minimum atomic E-state index is 0.245. The number of carbonyl (C=O) groups excluding carboxylic acids is 1. The number of unbranched alkanes of at least 4 members (excludes halogenated alkanes) is 1. The first kappa shape index (κ1) is 20.4. The molecule has 2 atom stereocenters. The average molecular weight is 371 g/mol. The molecule has 2 aliphatic rings. The van der Waals surface area contributed by atoms with Crippen molar-refractivity contribution in [3.8, 4) is 0 Å². The van der Waals surface area contributed by atoms with Crippen LogP contribution < -0.4 is 10.6 Å². The molecule has 150 valence electrons. The molecule has 1 aromatic rings. The molecular formula is C24H38N2O. The first-order valence-electron chi connectivity index (χ1n) is 11.3. The summed E-state index contributed by atoms with van der Waals surface area (Å²) in [5.74, 6) is 1.09. The lowest BCUT2D eigenvalue weighted by molar-refractivity contribution is -0.119. The summed E-state index contributed by atoms with van der Waals surface area (Å²) in [5.41, 5.74) is 10.1. The second kappa shape index (κ2) is 9.73. The average Bonchev–Trinajstić information content (AvgIpc) is 3.00. The van der Waals surface area contributed by atoms with Crippen molar-refractivity contribution in [2.24, 2.45) is 11.7 Å². The van der Waals surface area contributed by atoms with Crippen molar-refractivity contribution < 1.29 is 4.79 Å². The minimum Gasteiger partial charge on any atom is -0.327 e. The van der Waals surface area contributed by atoms with E-state index in [0.717, 1.165) is 37.3 Å². The highest BCUT2D eigenvalue weighted by molar-refractivity contribution is 5.96. The molecule has 2 unspecified atom stereocenters. The number of hydrogen-bond acceptors (Lipinski definition) is 2. The Kier molecular flexibility index (Phi) is 7.34. The van der Waals surface area contributed by atoms with E-state index in [1.54, 1.807) is 0 Å².